The van der Waals surface area contributed by atoms with Crippen LogP contribution in [0.3, 0.4) is 0 Å². The van der Waals surface area contributed by atoms with Crippen LogP contribution >= 0.6 is 11.3 Å². The third kappa shape index (κ3) is 4.58. The van der Waals surface area contributed by atoms with Gasteiger partial charge in [-0.15, -0.1) is 11.3 Å². The van der Waals surface area contributed by atoms with Crippen LogP contribution in [0, 0.1) is 0 Å². The number of thiophene rings is 1. The second-order valence-electron chi connectivity index (χ2n) is 14.9. The van der Waals surface area contributed by atoms with Crippen LogP contribution < -0.4 is 0 Å². The Balaban J connectivity index is 1.14. The number of aromatic nitrogens is 2. The molecule has 54 heavy (non-hydrogen) atoms. The summed E-state index contributed by atoms with van der Waals surface area (Å²) in [6.45, 7) is 4.76. The van der Waals surface area contributed by atoms with E-state index in [0.717, 1.165) is 33.9 Å². The lowest BCUT2D eigenvalue weighted by molar-refractivity contribution is 0.666. The SMILES string of the molecule is CC1(C)c2cccc(-c3ccc(-c4cc(-c5cccc6c5sc5ccccc56)nc(-c5ccccc5)n4)c4ccccc34)c2-c2ccc3ccccc3c21. The van der Waals surface area contributed by atoms with Gasteiger partial charge < -0.3 is 0 Å². The van der Waals surface area contributed by atoms with Gasteiger partial charge in [-0.1, -0.05) is 172 Å². The molecule has 0 fully saturated rings. The van der Waals surface area contributed by atoms with Gasteiger partial charge >= 0.3 is 0 Å². The summed E-state index contributed by atoms with van der Waals surface area (Å²) in [6, 6.07) is 61.6. The van der Waals surface area contributed by atoms with Gasteiger partial charge in [0.1, 0.15) is 0 Å². The van der Waals surface area contributed by atoms with Gasteiger partial charge in [0.15, 0.2) is 5.82 Å². The third-order valence-electron chi connectivity index (χ3n) is 11.5. The number of nitrogens with zero attached hydrogens (tertiary/aromatic N) is 2. The Morgan fingerprint density at radius 3 is 1.89 bits per heavy atom. The maximum atomic E-state index is 5.30. The first-order chi connectivity index (χ1) is 26.5. The highest BCUT2D eigenvalue weighted by atomic mass is 32.1. The van der Waals surface area contributed by atoms with Gasteiger partial charge in [-0.05, 0) is 67.1 Å². The fourth-order valence-corrected chi connectivity index (χ4v) is 10.2. The Morgan fingerprint density at radius 1 is 0.444 bits per heavy atom. The molecule has 0 aliphatic heterocycles. The van der Waals surface area contributed by atoms with Crippen molar-refractivity contribution in [1.29, 1.82) is 0 Å². The molecule has 0 saturated carbocycles. The van der Waals surface area contributed by atoms with Gasteiger partial charge in [0.05, 0.1) is 11.4 Å². The van der Waals surface area contributed by atoms with E-state index < -0.39 is 0 Å². The molecule has 0 unspecified atom stereocenters. The van der Waals surface area contributed by atoms with Crippen LogP contribution in [0.1, 0.15) is 25.0 Å². The van der Waals surface area contributed by atoms with Gasteiger partial charge in [0.25, 0.3) is 0 Å². The van der Waals surface area contributed by atoms with E-state index in [1.807, 2.05) is 17.4 Å². The summed E-state index contributed by atoms with van der Waals surface area (Å²) in [5, 5.41) is 7.55. The van der Waals surface area contributed by atoms with Gasteiger partial charge in [0.2, 0.25) is 0 Å². The average molecular weight is 707 g/mol. The molecule has 0 atom stereocenters. The lowest BCUT2D eigenvalue weighted by Crippen LogP contribution is -2.15. The Bertz CT molecular complexity index is 3130. The zero-order chi connectivity index (χ0) is 36.0. The molecular weight excluding hydrogens is 673 g/mol. The van der Waals surface area contributed by atoms with Crippen LogP contribution in [-0.2, 0) is 5.41 Å². The molecule has 0 saturated heterocycles. The molecule has 2 aromatic heterocycles. The highest BCUT2D eigenvalue weighted by Gasteiger charge is 2.38. The summed E-state index contributed by atoms with van der Waals surface area (Å²) in [6.07, 6.45) is 0. The molecule has 3 heteroatoms. The second kappa shape index (κ2) is 11.8. The van der Waals surface area contributed by atoms with Crippen LogP contribution in [0.15, 0.2) is 170 Å². The first-order valence-electron chi connectivity index (χ1n) is 18.6. The highest BCUT2D eigenvalue weighted by Crippen LogP contribution is 2.55. The first-order valence-corrected chi connectivity index (χ1v) is 19.4. The summed E-state index contributed by atoms with van der Waals surface area (Å²) in [4.78, 5) is 10.6. The maximum Gasteiger partial charge on any atom is 0.160 e. The van der Waals surface area contributed by atoms with Crippen molar-refractivity contribution in [3.63, 3.8) is 0 Å². The molecule has 0 amide bonds. The molecule has 0 N–H and O–H groups in total. The molecule has 0 spiro atoms. The summed E-state index contributed by atoms with van der Waals surface area (Å²) in [5.41, 5.74) is 12.9. The number of hydrogen-bond donors (Lipinski definition) is 0. The monoisotopic (exact) mass is 706 g/mol. The normalized spacial score (nSPS) is 13.1. The Morgan fingerprint density at radius 2 is 1.06 bits per heavy atom. The molecule has 1 aliphatic carbocycles. The molecular formula is C51H34N2S. The lowest BCUT2D eigenvalue weighted by atomic mass is 9.80. The lowest BCUT2D eigenvalue weighted by Gasteiger charge is -2.23. The minimum absolute atomic E-state index is 0.125. The summed E-state index contributed by atoms with van der Waals surface area (Å²) in [5.74, 6) is 0.723. The van der Waals surface area contributed by atoms with Crippen LogP contribution in [0.5, 0.6) is 0 Å². The summed E-state index contributed by atoms with van der Waals surface area (Å²) in [7, 11) is 0. The van der Waals surface area contributed by atoms with Crippen LogP contribution in [0.4, 0.5) is 0 Å². The van der Waals surface area contributed by atoms with Crippen molar-refractivity contribution in [3.8, 4) is 56.2 Å². The van der Waals surface area contributed by atoms with Crippen LogP contribution in [0.2, 0.25) is 0 Å². The van der Waals surface area contributed by atoms with Gasteiger partial charge in [-0.25, -0.2) is 9.97 Å². The largest absolute Gasteiger partial charge is 0.228 e. The molecule has 2 nitrogen and oxygen atoms in total. The molecule has 8 aromatic carbocycles. The molecule has 11 rings (SSSR count). The quantitative estimate of drug-likeness (QED) is 0.182. The smallest absolute Gasteiger partial charge is 0.160 e. The van der Waals surface area contributed by atoms with E-state index in [4.69, 9.17) is 9.97 Å². The third-order valence-corrected chi connectivity index (χ3v) is 12.7. The van der Waals surface area contributed by atoms with Crippen molar-refractivity contribution < 1.29 is 0 Å². The van der Waals surface area contributed by atoms with Crippen molar-refractivity contribution in [1.82, 2.24) is 9.97 Å². The molecule has 2 heterocycles. The van der Waals surface area contributed by atoms with Crippen LogP contribution in [0.25, 0.3) is 97.9 Å². The van der Waals surface area contributed by atoms with Gasteiger partial charge in [0, 0.05) is 42.3 Å². The minimum Gasteiger partial charge on any atom is -0.228 e. The minimum atomic E-state index is -0.125. The summed E-state index contributed by atoms with van der Waals surface area (Å²) < 4.78 is 2.53. The average Bonchev–Trinajstić information content (AvgIpc) is 3.73. The predicted octanol–water partition coefficient (Wildman–Crippen LogP) is 14.1. The Kier molecular flexibility index (Phi) is 6.80. The highest BCUT2D eigenvalue weighted by molar-refractivity contribution is 7.26. The number of fused-ring (bicyclic) bond motifs is 9. The van der Waals surface area contributed by atoms with E-state index in [0.29, 0.717) is 0 Å². The van der Waals surface area contributed by atoms with Gasteiger partial charge in [-0.2, -0.15) is 0 Å². The van der Waals surface area contributed by atoms with Crippen molar-refractivity contribution >= 4 is 53.1 Å². The maximum absolute atomic E-state index is 5.30. The van der Waals surface area contributed by atoms with Gasteiger partial charge in [-0.3, -0.25) is 0 Å². The van der Waals surface area contributed by atoms with Crippen molar-refractivity contribution in [3.05, 3.63) is 181 Å². The topological polar surface area (TPSA) is 25.8 Å². The Hall–Kier alpha value is -6.42. The number of benzene rings is 8. The number of hydrogen-bond acceptors (Lipinski definition) is 3. The fraction of sp³-hybridized carbons (Fsp3) is 0.0588. The van der Waals surface area contributed by atoms with Crippen LogP contribution in [-0.4, -0.2) is 9.97 Å². The molecule has 10 aromatic rings. The molecule has 254 valence electrons. The number of rotatable bonds is 4. The second-order valence-corrected chi connectivity index (χ2v) is 15.9. The predicted molar refractivity (Wildman–Crippen MR) is 229 cm³/mol. The van der Waals surface area contributed by atoms with E-state index in [1.165, 1.54) is 75.1 Å². The standard InChI is InChI=1S/C51H34N2S/c1-51(2)43-24-13-21-39(47(43)42-27-26-31-14-6-7-17-33(31)48(42)51)36-28-29-37(35-19-9-8-18-34(35)36)44-30-45(53-50(52-44)32-15-4-3-5-16-32)41-23-12-22-40-38-20-10-11-25-46(38)54-49(40)41/h3-30H,1-2H3. The Labute approximate surface area is 318 Å². The van der Waals surface area contributed by atoms with E-state index in [2.05, 4.69) is 178 Å². The van der Waals surface area contributed by atoms with E-state index in [9.17, 15) is 0 Å². The first kappa shape index (κ1) is 31.1. The van der Waals surface area contributed by atoms with E-state index in [-0.39, 0.29) is 5.41 Å². The van der Waals surface area contributed by atoms with E-state index >= 15 is 0 Å². The van der Waals surface area contributed by atoms with Crippen molar-refractivity contribution in [2.75, 3.05) is 0 Å². The zero-order valence-corrected chi connectivity index (χ0v) is 30.8. The van der Waals surface area contributed by atoms with E-state index in [1.54, 1.807) is 0 Å². The zero-order valence-electron chi connectivity index (χ0n) is 30.0. The van der Waals surface area contributed by atoms with Crippen molar-refractivity contribution in [2.45, 2.75) is 19.3 Å². The van der Waals surface area contributed by atoms with Crippen molar-refractivity contribution in [2.24, 2.45) is 0 Å². The molecule has 0 bridgehead atoms. The summed E-state index contributed by atoms with van der Waals surface area (Å²) >= 11 is 1.83. The molecule has 1 aliphatic rings. The fourth-order valence-electron chi connectivity index (χ4n) is 9.02. The molecule has 0 radical (unpaired) electrons.